The Balaban J connectivity index is -0.0000000301. The molecule has 0 aliphatic heterocycles. The average Bonchev–Trinajstić information content (AvgIpc) is 2.36. The van der Waals surface area contributed by atoms with Gasteiger partial charge in [0.25, 0.3) is 0 Å². The van der Waals surface area contributed by atoms with E-state index in [0.29, 0.717) is 0 Å². The smallest absolute Gasteiger partial charge is 0.0474 e. The average molecular weight is 218 g/mol. The molecule has 0 saturated heterocycles. The molecule has 0 radical (unpaired) electrons. The van der Waals surface area contributed by atoms with Crippen LogP contribution in [0.4, 0.5) is 0 Å². The number of hydrogen-bond acceptors (Lipinski definition) is 0. The highest BCUT2D eigenvalue weighted by atomic mass is 13.9. The lowest BCUT2D eigenvalue weighted by atomic mass is 10.2. The molecule has 0 aromatic rings. The highest BCUT2D eigenvalue weighted by Crippen LogP contribution is 1.93. The third-order valence-electron chi connectivity index (χ3n) is 1.32. The Morgan fingerprint density at radius 3 is 0.867 bits per heavy atom. The van der Waals surface area contributed by atoms with Crippen LogP contribution in [0, 0.1) is 5.92 Å². The van der Waals surface area contributed by atoms with Crippen LogP contribution in [-0.4, -0.2) is 0 Å². The second-order valence-electron chi connectivity index (χ2n) is 2.80. The molecular formula is C15H38. The van der Waals surface area contributed by atoms with E-state index in [0.717, 1.165) is 5.92 Å². The van der Waals surface area contributed by atoms with E-state index in [-0.39, 0.29) is 0 Å². The molecule has 0 N–H and O–H groups in total. The molecule has 98 valence electrons. The molecule has 0 heteroatoms. The molecule has 0 heterocycles. The minimum absolute atomic E-state index is 0.884. The van der Waals surface area contributed by atoms with Gasteiger partial charge in [0, 0.05) is 0 Å². The first-order valence-electron chi connectivity index (χ1n) is 6.68. The monoisotopic (exact) mass is 218 g/mol. The summed E-state index contributed by atoms with van der Waals surface area (Å²) in [5, 5.41) is 0. The van der Waals surface area contributed by atoms with Crippen molar-refractivity contribution in [3.8, 4) is 0 Å². The van der Waals surface area contributed by atoms with E-state index < -0.39 is 0 Å². The van der Waals surface area contributed by atoms with Gasteiger partial charge in [0.1, 0.15) is 0 Å². The summed E-state index contributed by atoms with van der Waals surface area (Å²) in [6.07, 6.45) is 3.94. The molecular weight excluding hydrogens is 180 g/mol. The standard InChI is InChI=1S/C5H12.C4H10.2C2H6.C2H4/c1-4-5(2)3;1-3-4-2;3*1-2/h5H,4H2,1-3H3;3-4H2,1-2H3;2*1-2H3;1-2H2. The fraction of sp³-hybridized carbons (Fsp3) is 0.867. The van der Waals surface area contributed by atoms with Gasteiger partial charge < -0.3 is 0 Å². The largest absolute Gasteiger partial charge is 0.106 e. The normalized spacial score (nSPS) is 6.27. The lowest BCUT2D eigenvalue weighted by molar-refractivity contribution is 0.626. The van der Waals surface area contributed by atoms with Gasteiger partial charge in [0.05, 0.1) is 0 Å². The Morgan fingerprint density at radius 2 is 0.867 bits per heavy atom. The summed E-state index contributed by atoms with van der Waals surface area (Å²) in [5.74, 6) is 0.884. The van der Waals surface area contributed by atoms with E-state index >= 15 is 0 Å². The minimum Gasteiger partial charge on any atom is -0.106 e. The van der Waals surface area contributed by atoms with Gasteiger partial charge >= 0.3 is 0 Å². The molecule has 0 atom stereocenters. The van der Waals surface area contributed by atoms with Crippen LogP contribution < -0.4 is 0 Å². The lowest BCUT2D eigenvalue weighted by Gasteiger charge is -1.90. The number of hydrogen-bond donors (Lipinski definition) is 0. The maximum absolute atomic E-state index is 3.00. The fourth-order valence-corrected chi connectivity index (χ4v) is 0. The second-order valence-corrected chi connectivity index (χ2v) is 2.80. The Bertz CT molecular complexity index is 35.3. The topological polar surface area (TPSA) is 0 Å². The van der Waals surface area contributed by atoms with Crippen LogP contribution in [0.2, 0.25) is 0 Å². The van der Waals surface area contributed by atoms with Crippen LogP contribution in [-0.2, 0) is 0 Å². The summed E-state index contributed by atoms with van der Waals surface area (Å²) < 4.78 is 0. The van der Waals surface area contributed by atoms with Crippen LogP contribution in [0.25, 0.3) is 0 Å². The van der Waals surface area contributed by atoms with E-state index in [1.54, 1.807) is 0 Å². The van der Waals surface area contributed by atoms with Crippen molar-refractivity contribution in [2.75, 3.05) is 0 Å². The molecule has 0 aromatic carbocycles. The van der Waals surface area contributed by atoms with Crippen LogP contribution >= 0.6 is 0 Å². The first-order chi connectivity index (χ1) is 7.18. The van der Waals surface area contributed by atoms with Gasteiger partial charge in [0.15, 0.2) is 0 Å². The molecule has 0 fully saturated rings. The van der Waals surface area contributed by atoms with Gasteiger partial charge in [-0.15, -0.1) is 13.2 Å². The van der Waals surface area contributed by atoms with E-state index in [4.69, 9.17) is 0 Å². The predicted octanol–water partition coefficient (Wildman–Crippen LogP) is 6.71. The maximum Gasteiger partial charge on any atom is -0.0474 e. The summed E-state index contributed by atoms with van der Waals surface area (Å²) in [4.78, 5) is 0. The first kappa shape index (κ1) is 29.3. The van der Waals surface area contributed by atoms with Crippen molar-refractivity contribution in [1.29, 1.82) is 0 Å². The van der Waals surface area contributed by atoms with Gasteiger partial charge in [-0.05, 0) is 5.92 Å². The molecule has 0 aliphatic rings. The SMILES string of the molecule is C=C.CC.CC.CCC(C)C.CCCC. The van der Waals surface area contributed by atoms with Crippen LogP contribution in [0.1, 0.15) is 81.6 Å². The summed E-state index contributed by atoms with van der Waals surface area (Å²) in [6.45, 7) is 25.0. The molecule has 0 amide bonds. The van der Waals surface area contributed by atoms with Gasteiger partial charge in [-0.3, -0.25) is 0 Å². The fourth-order valence-electron chi connectivity index (χ4n) is 0. The Labute approximate surface area is 101 Å². The van der Waals surface area contributed by atoms with Crippen molar-refractivity contribution >= 4 is 0 Å². The quantitative estimate of drug-likeness (QED) is 0.452. The summed E-state index contributed by atoms with van der Waals surface area (Å²) in [6, 6.07) is 0. The van der Waals surface area contributed by atoms with Gasteiger partial charge in [0.2, 0.25) is 0 Å². The summed E-state index contributed by atoms with van der Waals surface area (Å²) in [7, 11) is 0. The van der Waals surface area contributed by atoms with Crippen molar-refractivity contribution in [2.45, 2.75) is 81.6 Å². The Hall–Kier alpha value is -0.260. The van der Waals surface area contributed by atoms with Crippen molar-refractivity contribution in [3.05, 3.63) is 13.2 Å². The molecule has 15 heavy (non-hydrogen) atoms. The third kappa shape index (κ3) is 252. The van der Waals surface area contributed by atoms with Crippen molar-refractivity contribution in [2.24, 2.45) is 5.92 Å². The Kier molecular flexibility index (Phi) is 132. The molecule has 0 spiro atoms. The molecule has 0 unspecified atom stereocenters. The molecule has 0 rings (SSSR count). The van der Waals surface area contributed by atoms with Gasteiger partial charge in [-0.1, -0.05) is 81.6 Å². The van der Waals surface area contributed by atoms with Crippen molar-refractivity contribution < 1.29 is 0 Å². The summed E-state index contributed by atoms with van der Waals surface area (Å²) >= 11 is 0. The molecule has 0 aliphatic carbocycles. The highest BCUT2D eigenvalue weighted by Gasteiger charge is 1.80. The van der Waals surface area contributed by atoms with Crippen LogP contribution in [0.5, 0.6) is 0 Å². The predicted molar refractivity (Wildman–Crippen MR) is 79.7 cm³/mol. The zero-order chi connectivity index (χ0) is 13.7. The highest BCUT2D eigenvalue weighted by molar-refractivity contribution is 4.32. The van der Waals surface area contributed by atoms with E-state index in [1.807, 2.05) is 27.7 Å². The first-order valence-corrected chi connectivity index (χ1v) is 6.68. The van der Waals surface area contributed by atoms with E-state index in [1.165, 1.54) is 19.3 Å². The van der Waals surface area contributed by atoms with E-state index in [2.05, 4.69) is 47.8 Å². The van der Waals surface area contributed by atoms with E-state index in [9.17, 15) is 0 Å². The molecule has 0 bridgehead atoms. The zero-order valence-electron chi connectivity index (χ0n) is 13.1. The lowest BCUT2D eigenvalue weighted by Crippen LogP contribution is -1.77. The Morgan fingerprint density at radius 1 is 0.733 bits per heavy atom. The maximum atomic E-state index is 3.00. The van der Waals surface area contributed by atoms with Crippen molar-refractivity contribution in [3.63, 3.8) is 0 Å². The number of unbranched alkanes of at least 4 members (excludes halogenated alkanes) is 1. The third-order valence-corrected chi connectivity index (χ3v) is 1.32. The second kappa shape index (κ2) is 67.7. The minimum atomic E-state index is 0.884. The molecule has 0 saturated carbocycles. The molecule has 0 nitrogen and oxygen atoms in total. The van der Waals surface area contributed by atoms with Crippen LogP contribution in [0.3, 0.4) is 0 Å². The summed E-state index contributed by atoms with van der Waals surface area (Å²) in [5.41, 5.74) is 0. The van der Waals surface area contributed by atoms with Gasteiger partial charge in [-0.25, -0.2) is 0 Å². The zero-order valence-corrected chi connectivity index (χ0v) is 13.1. The number of rotatable bonds is 2. The van der Waals surface area contributed by atoms with Crippen molar-refractivity contribution in [1.82, 2.24) is 0 Å². The van der Waals surface area contributed by atoms with Crippen LogP contribution in [0.15, 0.2) is 13.2 Å². The molecule has 0 aromatic heterocycles. The van der Waals surface area contributed by atoms with Gasteiger partial charge in [-0.2, -0.15) is 0 Å².